The molecule has 0 atom stereocenters. The number of fused-ring (bicyclic) bond motifs is 1. The molecular weight excluding hydrogens is 406 g/mol. The van der Waals surface area contributed by atoms with Gasteiger partial charge in [-0.2, -0.15) is 5.10 Å². The SMILES string of the molecule is CC(C)c1cc(C(=O)N(C)Cc2cc([N+](=O)[O-])ccc2Cl)c2cnn(C(C)C)c2n1. The fourth-order valence-corrected chi connectivity index (χ4v) is 3.39. The first-order valence-electron chi connectivity index (χ1n) is 9.66. The van der Waals surface area contributed by atoms with Crippen LogP contribution in [0.15, 0.2) is 30.5 Å². The predicted molar refractivity (Wildman–Crippen MR) is 116 cm³/mol. The highest BCUT2D eigenvalue weighted by Crippen LogP contribution is 2.27. The summed E-state index contributed by atoms with van der Waals surface area (Å²) in [4.78, 5) is 30.1. The van der Waals surface area contributed by atoms with Crippen LogP contribution in [0.2, 0.25) is 5.02 Å². The molecule has 0 aliphatic carbocycles. The Balaban J connectivity index is 2.02. The predicted octanol–water partition coefficient (Wildman–Crippen LogP) is 4.97. The first-order chi connectivity index (χ1) is 14.1. The number of pyridine rings is 1. The Morgan fingerprint density at radius 2 is 1.97 bits per heavy atom. The van der Waals surface area contributed by atoms with Crippen LogP contribution in [0.1, 0.15) is 61.3 Å². The molecule has 0 fully saturated rings. The Bertz CT molecular complexity index is 1120. The molecule has 0 saturated heterocycles. The number of benzene rings is 1. The van der Waals surface area contributed by atoms with Gasteiger partial charge >= 0.3 is 0 Å². The third-order valence-corrected chi connectivity index (χ3v) is 5.26. The van der Waals surface area contributed by atoms with Gasteiger partial charge in [-0.05, 0) is 37.5 Å². The molecule has 1 aromatic carbocycles. The van der Waals surface area contributed by atoms with Gasteiger partial charge in [0.1, 0.15) is 0 Å². The smallest absolute Gasteiger partial charge is 0.269 e. The third-order valence-electron chi connectivity index (χ3n) is 4.89. The maximum absolute atomic E-state index is 13.3. The normalized spacial score (nSPS) is 11.5. The standard InChI is InChI=1S/C21H24ClN5O3/c1-12(2)19-9-16(17-10-23-26(13(3)4)20(17)24-19)21(28)25(5)11-14-8-15(27(29)30)6-7-18(14)22/h6-10,12-13H,11H2,1-5H3. The van der Waals surface area contributed by atoms with Crippen molar-refractivity contribution in [3.05, 3.63) is 62.4 Å². The number of non-ortho nitro benzene ring substituents is 1. The summed E-state index contributed by atoms with van der Waals surface area (Å²) in [7, 11) is 1.64. The fraction of sp³-hybridized carbons (Fsp3) is 0.381. The zero-order chi connectivity index (χ0) is 22.2. The highest BCUT2D eigenvalue weighted by Gasteiger charge is 2.22. The van der Waals surface area contributed by atoms with E-state index in [1.54, 1.807) is 24.0 Å². The summed E-state index contributed by atoms with van der Waals surface area (Å²) in [5.41, 5.74) is 2.41. The number of nitro benzene ring substituents is 1. The molecule has 2 aromatic heterocycles. The number of carbonyl (C=O) groups excluding carboxylic acids is 1. The molecule has 3 rings (SSSR count). The number of aromatic nitrogens is 3. The monoisotopic (exact) mass is 429 g/mol. The summed E-state index contributed by atoms with van der Waals surface area (Å²) in [5, 5.41) is 16.5. The summed E-state index contributed by atoms with van der Waals surface area (Å²) < 4.78 is 1.80. The molecule has 0 aliphatic heterocycles. The maximum Gasteiger partial charge on any atom is 0.269 e. The van der Waals surface area contributed by atoms with Crippen LogP contribution in [0, 0.1) is 10.1 Å². The lowest BCUT2D eigenvalue weighted by Gasteiger charge is -2.19. The molecule has 2 heterocycles. The number of halogens is 1. The van der Waals surface area contributed by atoms with Gasteiger partial charge in [-0.1, -0.05) is 25.4 Å². The number of amides is 1. The molecular formula is C21H24ClN5O3. The second-order valence-corrected chi connectivity index (χ2v) is 8.27. The zero-order valence-electron chi connectivity index (χ0n) is 17.6. The van der Waals surface area contributed by atoms with E-state index in [1.807, 2.05) is 27.7 Å². The first-order valence-corrected chi connectivity index (χ1v) is 10.0. The van der Waals surface area contributed by atoms with E-state index in [-0.39, 0.29) is 30.1 Å². The minimum Gasteiger partial charge on any atom is -0.337 e. The Hall–Kier alpha value is -3.00. The van der Waals surface area contributed by atoms with Crippen molar-refractivity contribution in [1.82, 2.24) is 19.7 Å². The van der Waals surface area contributed by atoms with Gasteiger partial charge < -0.3 is 4.90 Å². The van der Waals surface area contributed by atoms with Crippen LogP contribution in [-0.2, 0) is 6.54 Å². The summed E-state index contributed by atoms with van der Waals surface area (Å²) in [6.07, 6.45) is 1.66. The van der Waals surface area contributed by atoms with Crippen molar-refractivity contribution in [2.24, 2.45) is 0 Å². The lowest BCUT2D eigenvalue weighted by atomic mass is 10.0. The fourth-order valence-electron chi connectivity index (χ4n) is 3.22. The van der Waals surface area contributed by atoms with Crippen LogP contribution in [0.25, 0.3) is 11.0 Å². The van der Waals surface area contributed by atoms with E-state index in [2.05, 4.69) is 5.10 Å². The van der Waals surface area contributed by atoms with E-state index in [0.29, 0.717) is 27.2 Å². The van der Waals surface area contributed by atoms with Crippen LogP contribution in [0.4, 0.5) is 5.69 Å². The zero-order valence-corrected chi connectivity index (χ0v) is 18.3. The number of hydrogen-bond acceptors (Lipinski definition) is 5. The van der Waals surface area contributed by atoms with Gasteiger partial charge in [-0.15, -0.1) is 0 Å². The number of hydrogen-bond donors (Lipinski definition) is 0. The summed E-state index contributed by atoms with van der Waals surface area (Å²) >= 11 is 6.21. The summed E-state index contributed by atoms with van der Waals surface area (Å²) in [6.45, 7) is 8.19. The number of carbonyl (C=O) groups is 1. The Kier molecular flexibility index (Phi) is 6.07. The lowest BCUT2D eigenvalue weighted by Crippen LogP contribution is -2.27. The molecule has 8 nitrogen and oxygen atoms in total. The summed E-state index contributed by atoms with van der Waals surface area (Å²) in [5.74, 6) is -0.0943. The maximum atomic E-state index is 13.3. The lowest BCUT2D eigenvalue weighted by molar-refractivity contribution is -0.384. The average molecular weight is 430 g/mol. The molecule has 0 aliphatic rings. The van der Waals surface area contributed by atoms with Gasteiger partial charge in [0.05, 0.1) is 22.1 Å². The van der Waals surface area contributed by atoms with E-state index in [9.17, 15) is 14.9 Å². The summed E-state index contributed by atoms with van der Waals surface area (Å²) in [6, 6.07) is 6.11. The number of nitrogens with zero attached hydrogens (tertiary/aromatic N) is 5. The second-order valence-electron chi connectivity index (χ2n) is 7.86. The third kappa shape index (κ3) is 4.14. The molecule has 0 saturated carbocycles. The van der Waals surface area contributed by atoms with Gasteiger partial charge in [0.25, 0.3) is 11.6 Å². The number of rotatable bonds is 6. The van der Waals surface area contributed by atoms with Crippen molar-refractivity contribution in [3.8, 4) is 0 Å². The Morgan fingerprint density at radius 1 is 1.27 bits per heavy atom. The van der Waals surface area contributed by atoms with Crippen molar-refractivity contribution in [1.29, 1.82) is 0 Å². The van der Waals surface area contributed by atoms with Gasteiger partial charge in [0.15, 0.2) is 5.65 Å². The highest BCUT2D eigenvalue weighted by molar-refractivity contribution is 6.31. The van der Waals surface area contributed by atoms with Gasteiger partial charge in [-0.3, -0.25) is 14.9 Å². The van der Waals surface area contributed by atoms with Gasteiger partial charge in [-0.25, -0.2) is 9.67 Å². The van der Waals surface area contributed by atoms with Crippen LogP contribution in [0.5, 0.6) is 0 Å². The molecule has 158 valence electrons. The minimum absolute atomic E-state index is 0.0677. The molecule has 0 N–H and O–H groups in total. The van der Waals surface area contributed by atoms with Crippen molar-refractivity contribution < 1.29 is 9.72 Å². The van der Waals surface area contributed by atoms with E-state index in [0.717, 1.165) is 5.69 Å². The molecule has 0 bridgehead atoms. The van der Waals surface area contributed by atoms with E-state index in [4.69, 9.17) is 16.6 Å². The van der Waals surface area contributed by atoms with Crippen molar-refractivity contribution in [2.45, 2.75) is 46.2 Å². The molecule has 1 amide bonds. The van der Waals surface area contributed by atoms with Gasteiger partial charge in [0.2, 0.25) is 0 Å². The Labute approximate surface area is 179 Å². The van der Waals surface area contributed by atoms with Crippen LogP contribution in [-0.4, -0.2) is 37.5 Å². The average Bonchev–Trinajstić information content (AvgIpc) is 3.12. The molecule has 0 unspecified atom stereocenters. The molecule has 3 aromatic rings. The minimum atomic E-state index is -0.483. The van der Waals surface area contributed by atoms with Crippen molar-refractivity contribution in [2.75, 3.05) is 7.05 Å². The quantitative estimate of drug-likeness (QED) is 0.407. The molecule has 30 heavy (non-hydrogen) atoms. The molecule has 0 radical (unpaired) electrons. The highest BCUT2D eigenvalue weighted by atomic mass is 35.5. The van der Waals surface area contributed by atoms with Crippen molar-refractivity contribution >= 4 is 34.2 Å². The van der Waals surface area contributed by atoms with Crippen molar-refractivity contribution in [3.63, 3.8) is 0 Å². The first kappa shape index (κ1) is 21.7. The van der Waals surface area contributed by atoms with Gasteiger partial charge in [0, 0.05) is 42.5 Å². The van der Waals surface area contributed by atoms with E-state index >= 15 is 0 Å². The van der Waals surface area contributed by atoms with Crippen LogP contribution in [0.3, 0.4) is 0 Å². The Morgan fingerprint density at radius 3 is 2.57 bits per heavy atom. The van der Waals surface area contributed by atoms with Crippen LogP contribution < -0.4 is 0 Å². The largest absolute Gasteiger partial charge is 0.337 e. The molecule has 0 spiro atoms. The number of nitro groups is 1. The molecule has 9 heteroatoms. The van der Waals surface area contributed by atoms with E-state index in [1.165, 1.54) is 23.1 Å². The topological polar surface area (TPSA) is 94.2 Å². The van der Waals surface area contributed by atoms with Crippen LogP contribution >= 0.6 is 11.6 Å². The van der Waals surface area contributed by atoms with E-state index < -0.39 is 4.92 Å². The second kappa shape index (κ2) is 8.39.